The fourth-order valence-corrected chi connectivity index (χ4v) is 8.10. The van der Waals surface area contributed by atoms with E-state index in [4.69, 9.17) is 9.47 Å². The van der Waals surface area contributed by atoms with Crippen molar-refractivity contribution >= 4 is 37.2 Å². The van der Waals surface area contributed by atoms with Crippen LogP contribution in [-0.4, -0.2) is 32.8 Å². The number of carbonyl (C=O) groups excluding carboxylic acids is 2. The molecule has 0 N–H and O–H groups in total. The molecule has 0 aliphatic rings. The molecule has 0 heterocycles. The Labute approximate surface area is 184 Å². The minimum absolute atomic E-state index is 0.297. The Morgan fingerprint density at radius 1 is 0.667 bits per heavy atom. The number of rotatable bonds is 18. The molecule has 156 valence electrons. The van der Waals surface area contributed by atoms with Crippen LogP contribution in [0.1, 0.15) is 90.9 Å². The van der Waals surface area contributed by atoms with Crippen LogP contribution in [0.15, 0.2) is 0 Å². The summed E-state index contributed by atoms with van der Waals surface area (Å²) in [4.78, 5) is 24.0. The molecule has 0 amide bonds. The molecule has 0 rings (SSSR count). The molecule has 0 aromatic heterocycles. The molecular weight excluding hydrogens is 434 g/mol. The predicted molar refractivity (Wildman–Crippen MR) is 114 cm³/mol. The third-order valence-electron chi connectivity index (χ3n) is 4.48. The van der Waals surface area contributed by atoms with Gasteiger partial charge in [0.15, 0.2) is 0 Å². The molecular formula is C20H38O4S2Zn. The van der Waals surface area contributed by atoms with Crippen molar-refractivity contribution in [3.8, 4) is 0 Å². The molecule has 0 saturated heterocycles. The van der Waals surface area contributed by atoms with Gasteiger partial charge in [0, 0.05) is 0 Å². The van der Waals surface area contributed by atoms with Crippen LogP contribution in [-0.2, 0) is 36.2 Å². The fourth-order valence-electron chi connectivity index (χ4n) is 2.71. The van der Waals surface area contributed by atoms with E-state index in [1.165, 1.54) is 51.4 Å². The molecule has 0 spiro atoms. The standard InChI is InChI=1S/2C10H19O2S.Zn/c2*1-2-3-4-5-6-7-8-12-10(11)9-13;/h2*9,13H,2-8H2,1H3;. The van der Waals surface area contributed by atoms with Gasteiger partial charge in [0.1, 0.15) is 0 Å². The van der Waals surface area contributed by atoms with E-state index in [9.17, 15) is 9.59 Å². The molecule has 2 atom stereocenters. The number of ether oxygens (including phenoxy) is 2. The summed E-state index contributed by atoms with van der Waals surface area (Å²) in [6.07, 6.45) is 13.8. The second-order valence-electron chi connectivity index (χ2n) is 7.14. The summed E-state index contributed by atoms with van der Waals surface area (Å²) in [6, 6.07) is 0. The summed E-state index contributed by atoms with van der Waals surface area (Å²) in [5, 5.41) is 0. The van der Waals surface area contributed by atoms with Gasteiger partial charge in [0.25, 0.3) is 0 Å². The number of esters is 2. The Hall–Kier alpha value is 0.263. The number of carbonyl (C=O) groups is 2. The molecule has 2 unspecified atom stereocenters. The van der Waals surface area contributed by atoms with Gasteiger partial charge in [0.05, 0.1) is 0 Å². The van der Waals surface area contributed by atoms with E-state index < -0.39 is 24.8 Å². The van der Waals surface area contributed by atoms with Gasteiger partial charge < -0.3 is 0 Å². The van der Waals surface area contributed by atoms with E-state index in [1.807, 2.05) is 0 Å². The first-order chi connectivity index (χ1) is 13.0. The second-order valence-corrected chi connectivity index (χ2v) is 15.7. The van der Waals surface area contributed by atoms with Crippen molar-refractivity contribution in [1.29, 1.82) is 0 Å². The molecule has 0 saturated carbocycles. The zero-order valence-corrected chi connectivity index (χ0v) is 22.0. The molecule has 0 aromatic carbocycles. The molecule has 0 radical (unpaired) electrons. The van der Waals surface area contributed by atoms with Crippen LogP contribution in [0.5, 0.6) is 0 Å². The van der Waals surface area contributed by atoms with E-state index in [1.54, 1.807) is 0 Å². The maximum atomic E-state index is 12.0. The fraction of sp³-hybridized carbons (Fsp3) is 0.900. The van der Waals surface area contributed by atoms with Crippen LogP contribution in [0.2, 0.25) is 0 Å². The number of hydrogen-bond donors (Lipinski definition) is 2. The van der Waals surface area contributed by atoms with Crippen LogP contribution < -0.4 is 0 Å². The zero-order valence-electron chi connectivity index (χ0n) is 17.3. The van der Waals surface area contributed by atoms with Crippen molar-refractivity contribution in [2.24, 2.45) is 0 Å². The molecule has 0 aliphatic carbocycles. The maximum absolute atomic E-state index is 12.0. The first kappa shape index (κ1) is 27.3. The van der Waals surface area contributed by atoms with Crippen LogP contribution >= 0.6 is 25.3 Å². The Balaban J connectivity index is 3.73. The van der Waals surface area contributed by atoms with Crippen LogP contribution in [0.25, 0.3) is 0 Å². The van der Waals surface area contributed by atoms with Gasteiger partial charge in [-0.3, -0.25) is 0 Å². The summed E-state index contributed by atoms with van der Waals surface area (Å²) < 4.78 is 9.65. The van der Waals surface area contributed by atoms with Crippen molar-refractivity contribution in [2.45, 2.75) is 98.6 Å². The van der Waals surface area contributed by atoms with Gasteiger partial charge in [-0.1, -0.05) is 0 Å². The SMILES string of the molecule is CCCCCCCCOC(=O)[CH](S)[Zn][CH](S)C(=O)OCCCCCCCC. The van der Waals surface area contributed by atoms with Crippen molar-refractivity contribution in [3.63, 3.8) is 0 Å². The summed E-state index contributed by atoms with van der Waals surface area (Å²) >= 11 is 7.04. The van der Waals surface area contributed by atoms with E-state index in [2.05, 4.69) is 39.1 Å². The summed E-state index contributed by atoms with van der Waals surface area (Å²) in [5.74, 6) is -0.593. The van der Waals surface area contributed by atoms with Gasteiger partial charge in [-0.2, -0.15) is 0 Å². The van der Waals surface area contributed by atoms with Gasteiger partial charge in [0.2, 0.25) is 0 Å². The van der Waals surface area contributed by atoms with E-state index >= 15 is 0 Å². The number of hydrogen-bond acceptors (Lipinski definition) is 6. The molecule has 7 heteroatoms. The van der Waals surface area contributed by atoms with E-state index in [0.717, 1.165) is 25.7 Å². The average Bonchev–Trinajstić information content (AvgIpc) is 2.66. The Kier molecular flexibility index (Phi) is 19.8. The van der Waals surface area contributed by atoms with Gasteiger partial charge in [-0.15, -0.1) is 0 Å². The van der Waals surface area contributed by atoms with Crippen LogP contribution in [0.4, 0.5) is 0 Å². The van der Waals surface area contributed by atoms with E-state index in [0.29, 0.717) is 13.2 Å². The second kappa shape index (κ2) is 19.6. The monoisotopic (exact) mass is 470 g/mol. The first-order valence-electron chi connectivity index (χ1n) is 10.7. The minimum atomic E-state index is -1.64. The quantitative estimate of drug-likeness (QED) is 0.122. The van der Waals surface area contributed by atoms with Gasteiger partial charge in [-0.25, -0.2) is 0 Å². The Morgan fingerprint density at radius 3 is 1.37 bits per heavy atom. The van der Waals surface area contributed by atoms with Crippen molar-refractivity contribution in [2.75, 3.05) is 13.2 Å². The third kappa shape index (κ3) is 16.9. The van der Waals surface area contributed by atoms with Crippen LogP contribution in [0.3, 0.4) is 0 Å². The molecule has 27 heavy (non-hydrogen) atoms. The predicted octanol–water partition coefficient (Wildman–Crippen LogP) is 5.39. The average molecular weight is 472 g/mol. The van der Waals surface area contributed by atoms with Crippen LogP contribution in [0, 0.1) is 0 Å². The normalized spacial score (nSPS) is 12.9. The summed E-state index contributed by atoms with van der Waals surface area (Å²) in [6.45, 7) is 5.28. The molecule has 0 aliphatic heterocycles. The van der Waals surface area contributed by atoms with Crippen molar-refractivity contribution < 1.29 is 36.2 Å². The van der Waals surface area contributed by atoms with Crippen molar-refractivity contribution in [1.82, 2.24) is 0 Å². The molecule has 4 nitrogen and oxygen atoms in total. The number of unbranched alkanes of at least 4 members (excludes halogenated alkanes) is 10. The Bertz CT molecular complexity index is 349. The van der Waals surface area contributed by atoms with Crippen molar-refractivity contribution in [3.05, 3.63) is 0 Å². The molecule has 0 bridgehead atoms. The summed E-state index contributed by atoms with van der Waals surface area (Å²) in [5.41, 5.74) is 0. The third-order valence-corrected chi connectivity index (χ3v) is 10.4. The molecule has 0 aromatic rings. The zero-order chi connectivity index (χ0) is 20.3. The topological polar surface area (TPSA) is 52.6 Å². The van der Waals surface area contributed by atoms with Gasteiger partial charge >= 0.3 is 185 Å². The summed E-state index contributed by atoms with van der Waals surface area (Å²) in [7, 11) is 0. The molecule has 0 fully saturated rings. The first-order valence-corrected chi connectivity index (χ1v) is 15.2. The number of thiol groups is 2. The Morgan fingerprint density at radius 2 is 1.00 bits per heavy atom. The van der Waals surface area contributed by atoms with E-state index in [-0.39, 0.29) is 11.9 Å². The van der Waals surface area contributed by atoms with Gasteiger partial charge in [-0.05, 0) is 0 Å².